The van der Waals surface area contributed by atoms with E-state index in [0.717, 1.165) is 0 Å². The van der Waals surface area contributed by atoms with Crippen LogP contribution in [0.2, 0.25) is 70.6 Å². The molecule has 1 unspecified atom stereocenters. The molecule has 7 nitrogen and oxygen atoms in total. The zero-order chi connectivity index (χ0) is 24.7. The molecule has 0 saturated carbocycles. The molecule has 0 saturated heterocycles. The molecule has 0 rings (SSSR count). The van der Waals surface area contributed by atoms with E-state index in [2.05, 4.69) is 72.4 Å². The van der Waals surface area contributed by atoms with Crippen LogP contribution in [0.25, 0.3) is 0 Å². The van der Waals surface area contributed by atoms with E-state index >= 15 is 0 Å². The molecular formula is C18H49O7Si6. The van der Waals surface area contributed by atoms with Crippen LogP contribution in [0.1, 0.15) is 27.7 Å². The fraction of sp³-hybridized carbons (Fsp3) is 1.00. The molecule has 0 aliphatic rings. The standard InChI is InChI=1S/C18H49O7Si6/c1-15-19-31(20-16-2,21-17-3)18(4)27(7,8)23-29(11,12)25-30(13,14)24-28(9,10)22-26(5)6/h18H,15-17H2,1-14H3. The molecule has 0 bridgehead atoms. The molecule has 0 spiro atoms. The van der Waals surface area contributed by atoms with Crippen LogP contribution >= 0.6 is 0 Å². The van der Waals surface area contributed by atoms with Crippen LogP contribution in [0.3, 0.4) is 0 Å². The van der Waals surface area contributed by atoms with Crippen molar-refractivity contribution in [3.05, 3.63) is 0 Å². The highest BCUT2D eigenvalue weighted by molar-refractivity contribution is 6.94. The Kier molecular flexibility index (Phi) is 13.1. The van der Waals surface area contributed by atoms with Gasteiger partial charge in [0.15, 0.2) is 17.4 Å². The van der Waals surface area contributed by atoms with Gasteiger partial charge in [0.1, 0.15) is 0 Å². The van der Waals surface area contributed by atoms with Crippen molar-refractivity contribution in [2.45, 2.75) is 98.3 Å². The molecule has 0 aromatic carbocycles. The zero-order valence-electron chi connectivity index (χ0n) is 22.6. The molecule has 0 aliphatic carbocycles. The molecule has 0 amide bonds. The second kappa shape index (κ2) is 12.6. The summed E-state index contributed by atoms with van der Waals surface area (Å²) in [5, 5.41) is 0.0698. The fourth-order valence-corrected chi connectivity index (χ4v) is 31.7. The molecule has 0 aliphatic heterocycles. The summed E-state index contributed by atoms with van der Waals surface area (Å²) < 4.78 is 44.7. The number of rotatable bonds is 16. The Morgan fingerprint density at radius 2 is 0.968 bits per heavy atom. The van der Waals surface area contributed by atoms with Gasteiger partial charge in [0.25, 0.3) is 0 Å². The summed E-state index contributed by atoms with van der Waals surface area (Å²) in [6.07, 6.45) is 0. The van der Waals surface area contributed by atoms with Gasteiger partial charge in [-0.1, -0.05) is 6.92 Å². The minimum absolute atomic E-state index is 0.0698. The summed E-state index contributed by atoms with van der Waals surface area (Å²) >= 11 is 0. The van der Waals surface area contributed by atoms with Crippen LogP contribution in [-0.4, -0.2) is 71.7 Å². The van der Waals surface area contributed by atoms with Gasteiger partial charge in [-0.15, -0.1) is 0 Å². The van der Waals surface area contributed by atoms with Gasteiger partial charge in [-0.3, -0.25) is 0 Å². The van der Waals surface area contributed by atoms with Crippen LogP contribution in [0.15, 0.2) is 0 Å². The van der Waals surface area contributed by atoms with E-state index in [4.69, 9.17) is 29.7 Å². The van der Waals surface area contributed by atoms with E-state index in [1.807, 2.05) is 20.8 Å². The Labute approximate surface area is 199 Å². The Hall–Kier alpha value is 1.02. The third-order valence-corrected chi connectivity index (χ3v) is 28.5. The van der Waals surface area contributed by atoms with E-state index < -0.39 is 51.8 Å². The second-order valence-electron chi connectivity index (χ2n) is 9.74. The van der Waals surface area contributed by atoms with Crippen molar-refractivity contribution in [3.8, 4) is 0 Å². The highest BCUT2D eigenvalue weighted by Crippen LogP contribution is 2.37. The maximum Gasteiger partial charge on any atom is 0.503 e. The largest absolute Gasteiger partial charge is 0.503 e. The summed E-state index contributed by atoms with van der Waals surface area (Å²) in [7, 11) is -13.2. The van der Waals surface area contributed by atoms with Crippen LogP contribution < -0.4 is 0 Å². The van der Waals surface area contributed by atoms with Crippen molar-refractivity contribution in [1.29, 1.82) is 0 Å². The lowest BCUT2D eigenvalue weighted by atomic mass is 10.9. The van der Waals surface area contributed by atoms with Gasteiger partial charge >= 0.3 is 34.5 Å². The van der Waals surface area contributed by atoms with Crippen molar-refractivity contribution in [2.75, 3.05) is 19.8 Å². The van der Waals surface area contributed by atoms with Crippen LogP contribution in [0.5, 0.6) is 0 Å². The van der Waals surface area contributed by atoms with E-state index in [1.54, 1.807) is 0 Å². The van der Waals surface area contributed by atoms with Crippen LogP contribution in [0.4, 0.5) is 0 Å². The molecular weight excluding hydrogens is 497 g/mol. The van der Waals surface area contributed by atoms with Crippen molar-refractivity contribution < 1.29 is 29.7 Å². The van der Waals surface area contributed by atoms with Gasteiger partial charge in [0.2, 0.25) is 0 Å². The zero-order valence-corrected chi connectivity index (χ0v) is 28.6. The van der Waals surface area contributed by atoms with Gasteiger partial charge in [0, 0.05) is 25.0 Å². The Morgan fingerprint density at radius 1 is 0.613 bits per heavy atom. The van der Waals surface area contributed by atoms with Crippen LogP contribution in [-0.2, 0) is 29.7 Å². The van der Waals surface area contributed by atoms with Crippen molar-refractivity contribution in [3.63, 3.8) is 0 Å². The first-order chi connectivity index (χ1) is 13.9. The van der Waals surface area contributed by atoms with E-state index in [1.165, 1.54) is 0 Å². The van der Waals surface area contributed by atoms with Crippen molar-refractivity contribution in [2.24, 2.45) is 0 Å². The maximum atomic E-state index is 6.85. The van der Waals surface area contributed by atoms with Crippen LogP contribution in [0, 0.1) is 0 Å². The van der Waals surface area contributed by atoms with Gasteiger partial charge < -0.3 is 29.7 Å². The van der Waals surface area contributed by atoms with Gasteiger partial charge in [0.05, 0.1) is 0 Å². The highest BCUT2D eigenvalue weighted by atomic mass is 28.5. The summed E-state index contributed by atoms with van der Waals surface area (Å²) in [6.45, 7) is 31.1. The summed E-state index contributed by atoms with van der Waals surface area (Å²) in [4.78, 5) is 0. The predicted molar refractivity (Wildman–Crippen MR) is 142 cm³/mol. The summed E-state index contributed by atoms with van der Waals surface area (Å²) in [5.74, 6) is 0. The minimum Gasteiger partial charge on any atom is -0.437 e. The lowest BCUT2D eigenvalue weighted by Gasteiger charge is -2.45. The molecule has 1 atom stereocenters. The first kappa shape index (κ1) is 32.0. The first-order valence-electron chi connectivity index (χ1n) is 11.4. The SMILES string of the molecule is CCO[Si](OCC)(OCC)C(C)[Si](C)(C)O[Si](C)(C)O[Si](C)(C)O[Si](C)(C)O[Si](C)C. The molecule has 1 radical (unpaired) electrons. The first-order valence-corrected chi connectivity index (χ1v) is 27.0. The average Bonchev–Trinajstić information content (AvgIpc) is 2.49. The quantitative estimate of drug-likeness (QED) is 0.234. The molecule has 0 N–H and O–H groups in total. The molecule has 31 heavy (non-hydrogen) atoms. The number of hydrogen-bond donors (Lipinski definition) is 0. The summed E-state index contributed by atoms with van der Waals surface area (Å²) in [5.41, 5.74) is 0. The highest BCUT2D eigenvalue weighted by Gasteiger charge is 2.57. The molecule has 187 valence electrons. The Balaban J connectivity index is 5.55. The smallest absolute Gasteiger partial charge is 0.437 e. The Bertz CT molecular complexity index is 515. The third-order valence-electron chi connectivity index (χ3n) is 4.55. The average molecular weight is 546 g/mol. The molecule has 0 heterocycles. The maximum absolute atomic E-state index is 6.85. The minimum atomic E-state index is -2.88. The fourth-order valence-electron chi connectivity index (χ4n) is 3.99. The van der Waals surface area contributed by atoms with Crippen molar-refractivity contribution >= 4 is 51.8 Å². The predicted octanol–water partition coefficient (Wildman–Crippen LogP) is 5.59. The Morgan fingerprint density at radius 3 is 1.32 bits per heavy atom. The topological polar surface area (TPSA) is 64.6 Å². The van der Waals surface area contributed by atoms with Gasteiger partial charge in [-0.05, 0) is 86.2 Å². The lowest BCUT2D eigenvalue weighted by Crippen LogP contribution is -2.62. The van der Waals surface area contributed by atoms with E-state index in [9.17, 15) is 0 Å². The molecule has 0 aromatic heterocycles. The molecule has 0 fully saturated rings. The third kappa shape index (κ3) is 11.3. The molecule has 0 aromatic rings. The summed E-state index contributed by atoms with van der Waals surface area (Å²) in [6, 6.07) is 0. The van der Waals surface area contributed by atoms with E-state index in [0.29, 0.717) is 19.8 Å². The van der Waals surface area contributed by atoms with Gasteiger partial charge in [-0.2, -0.15) is 0 Å². The number of hydrogen-bond acceptors (Lipinski definition) is 7. The van der Waals surface area contributed by atoms with E-state index in [-0.39, 0.29) is 5.16 Å². The normalized spacial score (nSPS) is 15.6. The van der Waals surface area contributed by atoms with Gasteiger partial charge in [-0.25, -0.2) is 0 Å². The second-order valence-corrected chi connectivity index (χ2v) is 30.8. The monoisotopic (exact) mass is 545 g/mol. The lowest BCUT2D eigenvalue weighted by molar-refractivity contribution is 0.0674. The molecule has 13 heteroatoms. The van der Waals surface area contributed by atoms with Crippen molar-refractivity contribution in [1.82, 2.24) is 0 Å².